The summed E-state index contributed by atoms with van der Waals surface area (Å²) < 4.78 is 16.2. The SMILES string of the molecule is CCCCCCCC/C=C\CCCCCCCC(=O)OCCOCCOCc1ccccc1. The fraction of sp³-hybridized carbons (Fsp3) is 0.690. The van der Waals surface area contributed by atoms with Crippen molar-refractivity contribution in [2.24, 2.45) is 0 Å². The molecular formula is C29H48O4. The number of hydrogen-bond donors (Lipinski definition) is 0. The first-order valence-corrected chi connectivity index (χ1v) is 13.3. The molecule has 0 aliphatic heterocycles. The molecule has 0 aliphatic rings. The molecule has 0 amide bonds. The maximum Gasteiger partial charge on any atom is 0.305 e. The molecule has 4 heteroatoms. The summed E-state index contributed by atoms with van der Waals surface area (Å²) in [5.41, 5.74) is 1.15. The zero-order valence-corrected chi connectivity index (χ0v) is 21.1. The number of benzene rings is 1. The van der Waals surface area contributed by atoms with Crippen LogP contribution in [0.25, 0.3) is 0 Å². The van der Waals surface area contributed by atoms with E-state index in [1.54, 1.807) is 0 Å². The third kappa shape index (κ3) is 20.7. The van der Waals surface area contributed by atoms with Crippen LogP contribution in [-0.4, -0.2) is 32.4 Å². The van der Waals surface area contributed by atoms with E-state index >= 15 is 0 Å². The van der Waals surface area contributed by atoms with Crippen LogP contribution in [0.5, 0.6) is 0 Å². The molecule has 4 nitrogen and oxygen atoms in total. The highest BCUT2D eigenvalue weighted by molar-refractivity contribution is 5.69. The van der Waals surface area contributed by atoms with Gasteiger partial charge in [0.05, 0.1) is 26.4 Å². The minimum absolute atomic E-state index is 0.114. The quantitative estimate of drug-likeness (QED) is 0.0949. The highest BCUT2D eigenvalue weighted by Gasteiger charge is 2.02. The van der Waals surface area contributed by atoms with Gasteiger partial charge < -0.3 is 14.2 Å². The standard InChI is InChI=1S/C29H48O4/c1-2-3-4-5-6-7-8-9-10-11-12-13-14-15-19-22-29(30)33-26-25-31-23-24-32-27-28-20-17-16-18-21-28/h9-10,16-18,20-21H,2-8,11-15,19,22-27H2,1H3/b10-9-. The number of allylic oxidation sites excluding steroid dienone is 2. The Morgan fingerprint density at radius 3 is 1.97 bits per heavy atom. The van der Waals surface area contributed by atoms with Gasteiger partial charge in [-0.1, -0.05) is 101 Å². The van der Waals surface area contributed by atoms with Crippen LogP contribution in [0, 0.1) is 0 Å². The van der Waals surface area contributed by atoms with Gasteiger partial charge in [0, 0.05) is 6.42 Å². The normalized spacial score (nSPS) is 11.3. The molecule has 1 aromatic rings. The van der Waals surface area contributed by atoms with Gasteiger partial charge in [-0.15, -0.1) is 0 Å². The predicted molar refractivity (Wildman–Crippen MR) is 137 cm³/mol. The number of hydrogen-bond acceptors (Lipinski definition) is 4. The summed E-state index contributed by atoms with van der Waals surface area (Å²) in [6.45, 7) is 4.66. The lowest BCUT2D eigenvalue weighted by Crippen LogP contribution is -2.12. The van der Waals surface area contributed by atoms with E-state index in [0.717, 1.165) is 18.4 Å². The first-order valence-electron chi connectivity index (χ1n) is 13.3. The number of carbonyl (C=O) groups is 1. The van der Waals surface area contributed by atoms with E-state index in [4.69, 9.17) is 14.2 Å². The van der Waals surface area contributed by atoms with E-state index in [1.165, 1.54) is 70.6 Å². The maximum absolute atomic E-state index is 11.8. The fourth-order valence-electron chi connectivity index (χ4n) is 3.61. The van der Waals surface area contributed by atoms with Gasteiger partial charge in [-0.3, -0.25) is 4.79 Å². The van der Waals surface area contributed by atoms with Crippen molar-refractivity contribution < 1.29 is 19.0 Å². The van der Waals surface area contributed by atoms with Crippen LogP contribution in [0.1, 0.15) is 102 Å². The molecule has 0 saturated carbocycles. The molecule has 0 heterocycles. The summed E-state index contributed by atoms with van der Waals surface area (Å²) in [7, 11) is 0. The molecule has 0 N–H and O–H groups in total. The Bertz CT molecular complexity index is 570. The van der Waals surface area contributed by atoms with E-state index in [1.807, 2.05) is 30.3 Å². The minimum atomic E-state index is -0.114. The monoisotopic (exact) mass is 460 g/mol. The van der Waals surface area contributed by atoms with Crippen LogP contribution in [-0.2, 0) is 25.6 Å². The Morgan fingerprint density at radius 1 is 0.697 bits per heavy atom. The van der Waals surface area contributed by atoms with Gasteiger partial charge in [0.2, 0.25) is 0 Å². The van der Waals surface area contributed by atoms with Crippen molar-refractivity contribution in [3.05, 3.63) is 48.0 Å². The smallest absolute Gasteiger partial charge is 0.305 e. The van der Waals surface area contributed by atoms with Gasteiger partial charge in [0.25, 0.3) is 0 Å². The van der Waals surface area contributed by atoms with Gasteiger partial charge in [-0.05, 0) is 37.7 Å². The molecule has 0 unspecified atom stereocenters. The van der Waals surface area contributed by atoms with E-state index in [0.29, 0.717) is 39.5 Å². The molecule has 0 fully saturated rings. The van der Waals surface area contributed by atoms with Crippen LogP contribution in [0.4, 0.5) is 0 Å². The molecule has 188 valence electrons. The van der Waals surface area contributed by atoms with Gasteiger partial charge >= 0.3 is 5.97 Å². The molecule has 1 rings (SSSR count). The number of rotatable bonds is 23. The Labute approximate surface area is 203 Å². The van der Waals surface area contributed by atoms with Crippen LogP contribution >= 0.6 is 0 Å². The predicted octanol–water partition coefficient (Wildman–Crippen LogP) is 7.80. The Hall–Kier alpha value is -1.65. The van der Waals surface area contributed by atoms with Crippen molar-refractivity contribution in [3.8, 4) is 0 Å². The molecule has 0 aromatic heterocycles. The second kappa shape index (κ2) is 23.5. The van der Waals surface area contributed by atoms with E-state index in [2.05, 4.69) is 19.1 Å². The Kier molecular flexibility index (Phi) is 20.9. The summed E-state index contributed by atoms with van der Waals surface area (Å²) in [6, 6.07) is 10.1. The Balaban J connectivity index is 1.76. The number of unbranched alkanes of at least 4 members (excludes halogenated alkanes) is 11. The molecule has 0 radical (unpaired) electrons. The molecule has 0 bridgehead atoms. The topological polar surface area (TPSA) is 44.8 Å². The van der Waals surface area contributed by atoms with Crippen LogP contribution in [0.2, 0.25) is 0 Å². The minimum Gasteiger partial charge on any atom is -0.463 e. The number of carbonyl (C=O) groups excluding carboxylic acids is 1. The second-order valence-electron chi connectivity index (χ2n) is 8.71. The zero-order valence-electron chi connectivity index (χ0n) is 21.1. The lowest BCUT2D eigenvalue weighted by Gasteiger charge is -2.07. The van der Waals surface area contributed by atoms with Crippen LogP contribution < -0.4 is 0 Å². The molecule has 0 spiro atoms. The van der Waals surface area contributed by atoms with Gasteiger partial charge in [-0.25, -0.2) is 0 Å². The molecule has 0 aliphatic carbocycles. The van der Waals surface area contributed by atoms with Crippen molar-refractivity contribution in [1.82, 2.24) is 0 Å². The molecule has 0 saturated heterocycles. The molecule has 0 atom stereocenters. The lowest BCUT2D eigenvalue weighted by molar-refractivity contribution is -0.145. The van der Waals surface area contributed by atoms with Crippen molar-refractivity contribution in [1.29, 1.82) is 0 Å². The first-order chi connectivity index (χ1) is 16.3. The number of esters is 1. The van der Waals surface area contributed by atoms with E-state index in [9.17, 15) is 4.79 Å². The molecular weight excluding hydrogens is 412 g/mol. The van der Waals surface area contributed by atoms with E-state index in [-0.39, 0.29) is 5.97 Å². The average Bonchev–Trinajstić information content (AvgIpc) is 2.84. The summed E-state index contributed by atoms with van der Waals surface area (Å²) in [5, 5.41) is 0. The third-order valence-electron chi connectivity index (χ3n) is 5.62. The second-order valence-corrected chi connectivity index (χ2v) is 8.71. The largest absolute Gasteiger partial charge is 0.463 e. The van der Waals surface area contributed by atoms with Crippen molar-refractivity contribution in [2.45, 2.75) is 103 Å². The van der Waals surface area contributed by atoms with Gasteiger partial charge in [0.1, 0.15) is 6.61 Å². The van der Waals surface area contributed by atoms with Gasteiger partial charge in [-0.2, -0.15) is 0 Å². The van der Waals surface area contributed by atoms with Crippen molar-refractivity contribution in [3.63, 3.8) is 0 Å². The fourth-order valence-corrected chi connectivity index (χ4v) is 3.61. The van der Waals surface area contributed by atoms with E-state index < -0.39 is 0 Å². The summed E-state index contributed by atoms with van der Waals surface area (Å²) >= 11 is 0. The zero-order chi connectivity index (χ0) is 23.7. The third-order valence-corrected chi connectivity index (χ3v) is 5.62. The highest BCUT2D eigenvalue weighted by atomic mass is 16.6. The van der Waals surface area contributed by atoms with Crippen molar-refractivity contribution in [2.75, 3.05) is 26.4 Å². The summed E-state index contributed by atoms with van der Waals surface area (Å²) in [6.07, 6.45) is 21.6. The molecule has 1 aromatic carbocycles. The highest BCUT2D eigenvalue weighted by Crippen LogP contribution is 2.10. The summed E-state index contributed by atoms with van der Waals surface area (Å²) in [5.74, 6) is -0.114. The van der Waals surface area contributed by atoms with Crippen LogP contribution in [0.15, 0.2) is 42.5 Å². The lowest BCUT2D eigenvalue weighted by atomic mass is 10.1. The average molecular weight is 461 g/mol. The van der Waals surface area contributed by atoms with Crippen LogP contribution in [0.3, 0.4) is 0 Å². The number of ether oxygens (including phenoxy) is 3. The Morgan fingerprint density at radius 2 is 1.27 bits per heavy atom. The maximum atomic E-state index is 11.8. The van der Waals surface area contributed by atoms with Gasteiger partial charge in [0.15, 0.2) is 0 Å². The summed E-state index contributed by atoms with van der Waals surface area (Å²) in [4.78, 5) is 11.8. The first kappa shape index (κ1) is 29.4. The molecule has 33 heavy (non-hydrogen) atoms. The van der Waals surface area contributed by atoms with Crippen molar-refractivity contribution >= 4 is 5.97 Å².